The van der Waals surface area contributed by atoms with Crippen molar-refractivity contribution in [2.75, 3.05) is 11.1 Å². The fraction of sp³-hybridized carbons (Fsp3) is 0.211. The highest BCUT2D eigenvalue weighted by Crippen LogP contribution is 2.31. The van der Waals surface area contributed by atoms with Crippen LogP contribution in [0.5, 0.6) is 5.75 Å². The molecule has 158 valence electrons. The Labute approximate surface area is 183 Å². The maximum Gasteiger partial charge on any atom is 0.416 e. The smallest absolute Gasteiger partial charge is 0.416 e. The number of aromatic nitrogens is 3. The Morgan fingerprint density at radius 2 is 1.93 bits per heavy atom. The predicted octanol–water partition coefficient (Wildman–Crippen LogP) is 4.91. The first-order valence-corrected chi connectivity index (χ1v) is 10.4. The summed E-state index contributed by atoms with van der Waals surface area (Å²) in [7, 11) is 1.69. The Balaban J connectivity index is 1.54. The first-order chi connectivity index (χ1) is 14.2. The highest BCUT2D eigenvalue weighted by molar-refractivity contribution is 9.10. The number of benzene rings is 2. The molecule has 0 aliphatic carbocycles. The number of ether oxygens (including phenoxy) is 1. The van der Waals surface area contributed by atoms with Gasteiger partial charge in [0.1, 0.15) is 12.4 Å². The molecule has 0 saturated carbocycles. The van der Waals surface area contributed by atoms with Crippen LogP contribution in [-0.2, 0) is 24.6 Å². The average Bonchev–Trinajstić information content (AvgIpc) is 3.06. The first-order valence-electron chi connectivity index (χ1n) is 8.59. The van der Waals surface area contributed by atoms with Gasteiger partial charge in [0.2, 0.25) is 5.91 Å². The molecule has 0 bridgehead atoms. The summed E-state index contributed by atoms with van der Waals surface area (Å²) in [4.78, 5) is 12.1. The van der Waals surface area contributed by atoms with Crippen molar-refractivity contribution in [1.29, 1.82) is 0 Å². The minimum absolute atomic E-state index is 0.0591. The summed E-state index contributed by atoms with van der Waals surface area (Å²) >= 11 is 4.52. The summed E-state index contributed by atoms with van der Waals surface area (Å²) in [6.07, 6.45) is -4.44. The average molecular weight is 501 g/mol. The van der Waals surface area contributed by atoms with Crippen molar-refractivity contribution >= 4 is 39.3 Å². The fourth-order valence-electron chi connectivity index (χ4n) is 2.37. The molecule has 3 aromatic rings. The zero-order valence-electron chi connectivity index (χ0n) is 15.6. The second-order valence-electron chi connectivity index (χ2n) is 6.12. The molecular formula is C19H16BrF3N4O2S. The summed E-state index contributed by atoms with van der Waals surface area (Å²) in [5, 5.41) is 11.3. The molecule has 0 fully saturated rings. The third kappa shape index (κ3) is 5.99. The molecule has 2 aromatic carbocycles. The van der Waals surface area contributed by atoms with Gasteiger partial charge in [0.15, 0.2) is 11.0 Å². The van der Waals surface area contributed by atoms with E-state index < -0.39 is 11.7 Å². The zero-order chi connectivity index (χ0) is 21.7. The van der Waals surface area contributed by atoms with E-state index in [9.17, 15) is 18.0 Å². The summed E-state index contributed by atoms with van der Waals surface area (Å²) in [5.41, 5.74) is -0.108. The number of carbonyl (C=O) groups excluding carboxylic acids is 1. The van der Waals surface area contributed by atoms with Crippen LogP contribution in [0.3, 0.4) is 0 Å². The van der Waals surface area contributed by atoms with Crippen LogP contribution in [0.1, 0.15) is 11.4 Å². The van der Waals surface area contributed by atoms with E-state index in [0.29, 0.717) is 16.7 Å². The molecule has 1 N–H and O–H groups in total. The number of thioether (sulfide) groups is 1. The van der Waals surface area contributed by atoms with Gasteiger partial charge in [-0.1, -0.05) is 33.8 Å². The summed E-state index contributed by atoms with van der Waals surface area (Å²) in [6, 6.07) is 11.8. The van der Waals surface area contributed by atoms with Crippen LogP contribution in [0, 0.1) is 0 Å². The Morgan fingerprint density at radius 3 is 2.63 bits per heavy atom. The van der Waals surface area contributed by atoms with Gasteiger partial charge in [-0.3, -0.25) is 4.79 Å². The largest absolute Gasteiger partial charge is 0.486 e. The van der Waals surface area contributed by atoms with Crippen molar-refractivity contribution in [1.82, 2.24) is 14.8 Å². The van der Waals surface area contributed by atoms with Gasteiger partial charge in [-0.2, -0.15) is 13.2 Å². The Bertz CT molecular complexity index is 1030. The molecule has 0 unspecified atom stereocenters. The van der Waals surface area contributed by atoms with Crippen molar-refractivity contribution < 1.29 is 22.7 Å². The quantitative estimate of drug-likeness (QED) is 0.467. The highest BCUT2D eigenvalue weighted by Gasteiger charge is 2.30. The SMILES string of the molecule is Cn1c(COc2cccc(C(F)(F)F)c2)nnc1SCC(=O)Nc1ccc(Br)cc1. The number of nitrogens with one attached hydrogen (secondary N) is 1. The number of nitrogens with zero attached hydrogens (tertiary/aromatic N) is 3. The molecule has 0 aliphatic heterocycles. The number of alkyl halides is 3. The van der Waals surface area contributed by atoms with Crippen LogP contribution in [0.25, 0.3) is 0 Å². The topological polar surface area (TPSA) is 69.0 Å². The van der Waals surface area contributed by atoms with Crippen LogP contribution >= 0.6 is 27.7 Å². The summed E-state index contributed by atoms with van der Waals surface area (Å²) in [5.74, 6) is 0.419. The molecule has 0 radical (unpaired) electrons. The first kappa shape index (κ1) is 22.2. The third-order valence-corrected chi connectivity index (χ3v) is 5.46. The molecular weight excluding hydrogens is 485 g/mol. The Kier molecular flexibility index (Phi) is 7.03. The monoisotopic (exact) mass is 500 g/mol. The second kappa shape index (κ2) is 9.52. The van der Waals surface area contributed by atoms with E-state index in [2.05, 4.69) is 31.4 Å². The van der Waals surface area contributed by atoms with E-state index in [1.807, 2.05) is 12.1 Å². The second-order valence-corrected chi connectivity index (χ2v) is 7.97. The lowest BCUT2D eigenvalue weighted by Gasteiger charge is -2.10. The van der Waals surface area contributed by atoms with E-state index in [0.717, 1.165) is 16.6 Å². The number of halogens is 4. The van der Waals surface area contributed by atoms with Crippen molar-refractivity contribution in [2.45, 2.75) is 17.9 Å². The third-order valence-electron chi connectivity index (χ3n) is 3.91. The maximum absolute atomic E-state index is 12.8. The van der Waals surface area contributed by atoms with Gasteiger partial charge >= 0.3 is 6.18 Å². The lowest BCUT2D eigenvalue weighted by atomic mass is 10.2. The Morgan fingerprint density at radius 1 is 1.20 bits per heavy atom. The van der Waals surface area contributed by atoms with Crippen molar-refractivity contribution in [3.8, 4) is 5.75 Å². The number of rotatable bonds is 7. The van der Waals surface area contributed by atoms with Gasteiger partial charge in [-0.15, -0.1) is 10.2 Å². The zero-order valence-corrected chi connectivity index (χ0v) is 18.0. The molecule has 6 nitrogen and oxygen atoms in total. The van der Waals surface area contributed by atoms with Crippen LogP contribution in [0.15, 0.2) is 58.2 Å². The van der Waals surface area contributed by atoms with Crippen LogP contribution in [-0.4, -0.2) is 26.4 Å². The van der Waals surface area contributed by atoms with E-state index in [1.165, 1.54) is 23.9 Å². The van der Waals surface area contributed by atoms with Crippen LogP contribution in [0.2, 0.25) is 0 Å². The van der Waals surface area contributed by atoms with Gasteiger partial charge < -0.3 is 14.6 Å². The predicted molar refractivity (Wildman–Crippen MR) is 110 cm³/mol. The normalized spacial score (nSPS) is 11.4. The minimum atomic E-state index is -4.44. The van der Waals surface area contributed by atoms with E-state index >= 15 is 0 Å². The Hall–Kier alpha value is -2.53. The standard InChI is InChI=1S/C19H16BrF3N4O2S/c1-27-16(10-29-15-4-2-3-12(9-15)19(21,22)23)25-26-18(27)30-11-17(28)24-14-7-5-13(20)6-8-14/h2-9H,10-11H2,1H3,(H,24,28). The lowest BCUT2D eigenvalue weighted by molar-refractivity contribution is -0.137. The minimum Gasteiger partial charge on any atom is -0.486 e. The molecule has 1 amide bonds. The molecule has 1 aromatic heterocycles. The molecule has 0 saturated heterocycles. The van der Waals surface area contributed by atoms with E-state index in [4.69, 9.17) is 4.74 Å². The summed E-state index contributed by atoms with van der Waals surface area (Å²) < 4.78 is 46.3. The van der Waals surface area contributed by atoms with Crippen molar-refractivity contribution in [3.63, 3.8) is 0 Å². The van der Waals surface area contributed by atoms with E-state index in [-0.39, 0.29) is 24.0 Å². The maximum atomic E-state index is 12.8. The molecule has 11 heteroatoms. The van der Waals surface area contributed by atoms with Crippen LogP contribution < -0.4 is 10.1 Å². The number of hydrogen-bond donors (Lipinski definition) is 1. The number of amides is 1. The number of hydrogen-bond acceptors (Lipinski definition) is 5. The lowest BCUT2D eigenvalue weighted by Crippen LogP contribution is -2.14. The molecule has 0 aliphatic rings. The van der Waals surface area contributed by atoms with Crippen LogP contribution in [0.4, 0.5) is 18.9 Å². The molecule has 0 atom stereocenters. The fourth-order valence-corrected chi connectivity index (χ4v) is 3.36. The van der Waals surface area contributed by atoms with Crippen molar-refractivity contribution in [2.24, 2.45) is 7.05 Å². The summed E-state index contributed by atoms with van der Waals surface area (Å²) in [6.45, 7) is -0.0591. The molecule has 3 rings (SSSR count). The van der Waals surface area contributed by atoms with Gasteiger partial charge in [0, 0.05) is 17.2 Å². The van der Waals surface area contributed by atoms with Gasteiger partial charge in [-0.05, 0) is 42.5 Å². The highest BCUT2D eigenvalue weighted by atomic mass is 79.9. The molecule has 1 heterocycles. The van der Waals surface area contributed by atoms with Crippen molar-refractivity contribution in [3.05, 3.63) is 64.4 Å². The number of anilines is 1. The van der Waals surface area contributed by atoms with Gasteiger partial charge in [0.05, 0.1) is 11.3 Å². The van der Waals surface area contributed by atoms with Gasteiger partial charge in [0.25, 0.3) is 0 Å². The molecule has 30 heavy (non-hydrogen) atoms. The molecule has 0 spiro atoms. The van der Waals surface area contributed by atoms with E-state index in [1.54, 1.807) is 23.7 Å². The van der Waals surface area contributed by atoms with Gasteiger partial charge in [-0.25, -0.2) is 0 Å². The number of carbonyl (C=O) groups is 1.